The highest BCUT2D eigenvalue weighted by molar-refractivity contribution is 5.83. The van der Waals surface area contributed by atoms with Crippen LogP contribution >= 0.6 is 0 Å². The zero-order valence-electron chi connectivity index (χ0n) is 10.1. The number of rotatable bonds is 3. The summed E-state index contributed by atoms with van der Waals surface area (Å²) < 4.78 is 25.4. The molecule has 1 aromatic rings. The molecule has 100 valence electrons. The van der Waals surface area contributed by atoms with E-state index >= 15 is 0 Å². The SMILES string of the molecule is N#Cc1ccccc1CC(N)C(=O)N1CC(F)(F)C1. The number of alkyl halides is 2. The number of nitrogens with two attached hydrogens (primary N) is 1. The maximum Gasteiger partial charge on any atom is 0.282 e. The molecule has 1 aliphatic rings. The number of carbonyl (C=O) groups excluding carboxylic acids is 1. The van der Waals surface area contributed by atoms with Crippen LogP contribution in [0.4, 0.5) is 8.78 Å². The van der Waals surface area contributed by atoms with Crippen molar-refractivity contribution in [2.45, 2.75) is 18.4 Å². The number of hydrogen-bond donors (Lipinski definition) is 1. The number of amides is 1. The third-order valence-corrected chi connectivity index (χ3v) is 3.05. The van der Waals surface area contributed by atoms with Gasteiger partial charge in [-0.15, -0.1) is 0 Å². The Morgan fingerprint density at radius 3 is 2.68 bits per heavy atom. The van der Waals surface area contributed by atoms with Crippen LogP contribution in [0.5, 0.6) is 0 Å². The van der Waals surface area contributed by atoms with Crippen molar-refractivity contribution in [1.29, 1.82) is 5.26 Å². The first-order valence-electron chi connectivity index (χ1n) is 5.83. The van der Waals surface area contributed by atoms with Gasteiger partial charge in [-0.25, -0.2) is 8.78 Å². The molecular weight excluding hydrogens is 252 g/mol. The van der Waals surface area contributed by atoms with E-state index in [0.29, 0.717) is 11.1 Å². The second kappa shape index (κ2) is 4.94. The van der Waals surface area contributed by atoms with Crippen LogP contribution in [0.25, 0.3) is 0 Å². The Balaban J connectivity index is 2.00. The Morgan fingerprint density at radius 2 is 2.11 bits per heavy atom. The van der Waals surface area contributed by atoms with Crippen LogP contribution in [-0.2, 0) is 11.2 Å². The van der Waals surface area contributed by atoms with Crippen molar-refractivity contribution >= 4 is 5.91 Å². The molecule has 0 aromatic heterocycles. The lowest BCUT2D eigenvalue weighted by Gasteiger charge is -2.39. The summed E-state index contributed by atoms with van der Waals surface area (Å²) in [7, 11) is 0. The Labute approximate surface area is 109 Å². The molecule has 1 aromatic carbocycles. The van der Waals surface area contributed by atoms with Gasteiger partial charge in [0.15, 0.2) is 0 Å². The van der Waals surface area contributed by atoms with E-state index in [-0.39, 0.29) is 6.42 Å². The number of halogens is 2. The molecule has 0 spiro atoms. The van der Waals surface area contributed by atoms with Gasteiger partial charge in [-0.1, -0.05) is 18.2 Å². The first-order valence-corrected chi connectivity index (χ1v) is 5.83. The normalized spacial score (nSPS) is 18.3. The molecule has 1 atom stereocenters. The average Bonchev–Trinajstić information content (AvgIpc) is 2.35. The number of nitrogens with zero attached hydrogens (tertiary/aromatic N) is 2. The molecule has 6 heteroatoms. The van der Waals surface area contributed by atoms with E-state index < -0.39 is 31.0 Å². The second-order valence-electron chi connectivity index (χ2n) is 4.63. The topological polar surface area (TPSA) is 70.1 Å². The summed E-state index contributed by atoms with van der Waals surface area (Å²) in [6.45, 7) is -1.14. The molecule has 1 amide bonds. The number of hydrogen-bond acceptors (Lipinski definition) is 3. The summed E-state index contributed by atoms with van der Waals surface area (Å²) in [5, 5.41) is 8.92. The van der Waals surface area contributed by atoms with Gasteiger partial charge >= 0.3 is 0 Å². The maximum atomic E-state index is 12.7. The van der Waals surface area contributed by atoms with Crippen LogP contribution in [0.1, 0.15) is 11.1 Å². The predicted molar refractivity (Wildman–Crippen MR) is 64.4 cm³/mol. The summed E-state index contributed by atoms with van der Waals surface area (Å²) in [5.41, 5.74) is 6.82. The highest BCUT2D eigenvalue weighted by Crippen LogP contribution is 2.27. The zero-order valence-corrected chi connectivity index (χ0v) is 10.1. The molecule has 4 nitrogen and oxygen atoms in total. The lowest BCUT2D eigenvalue weighted by Crippen LogP contribution is -2.62. The minimum atomic E-state index is -2.79. The van der Waals surface area contributed by atoms with E-state index in [1.54, 1.807) is 24.3 Å². The fourth-order valence-corrected chi connectivity index (χ4v) is 2.03. The smallest absolute Gasteiger partial charge is 0.282 e. The maximum absolute atomic E-state index is 12.7. The molecule has 1 aliphatic heterocycles. The summed E-state index contributed by atoms with van der Waals surface area (Å²) in [6, 6.07) is 7.90. The summed E-state index contributed by atoms with van der Waals surface area (Å²) in [6.07, 6.45) is 0.171. The van der Waals surface area contributed by atoms with Gasteiger partial charge < -0.3 is 10.6 Å². The van der Waals surface area contributed by atoms with Gasteiger partial charge in [0.25, 0.3) is 5.92 Å². The minimum absolute atomic E-state index is 0.171. The number of likely N-dealkylation sites (tertiary alicyclic amines) is 1. The average molecular weight is 265 g/mol. The first kappa shape index (κ1) is 13.4. The van der Waals surface area contributed by atoms with Crippen molar-refractivity contribution < 1.29 is 13.6 Å². The lowest BCUT2D eigenvalue weighted by atomic mass is 9.99. The molecule has 1 saturated heterocycles. The van der Waals surface area contributed by atoms with Gasteiger partial charge in [0, 0.05) is 0 Å². The molecular formula is C13H13F2N3O. The van der Waals surface area contributed by atoms with Crippen LogP contribution in [0.2, 0.25) is 0 Å². The zero-order chi connectivity index (χ0) is 14.0. The van der Waals surface area contributed by atoms with Crippen LogP contribution in [-0.4, -0.2) is 35.9 Å². The predicted octanol–water partition coefficient (Wildman–Crippen LogP) is 0.906. The van der Waals surface area contributed by atoms with Crippen molar-refractivity contribution in [2.75, 3.05) is 13.1 Å². The van der Waals surface area contributed by atoms with Crippen molar-refractivity contribution in [3.05, 3.63) is 35.4 Å². The third kappa shape index (κ3) is 2.88. The van der Waals surface area contributed by atoms with Crippen molar-refractivity contribution in [3.63, 3.8) is 0 Å². The number of carbonyl (C=O) groups is 1. The molecule has 1 heterocycles. The molecule has 19 heavy (non-hydrogen) atoms. The van der Waals surface area contributed by atoms with Crippen molar-refractivity contribution in [2.24, 2.45) is 5.73 Å². The Hall–Kier alpha value is -2.00. The fourth-order valence-electron chi connectivity index (χ4n) is 2.03. The standard InChI is InChI=1S/C13H13F2N3O/c14-13(15)7-18(8-13)12(19)11(17)5-9-3-1-2-4-10(9)6-16/h1-4,11H,5,7-8,17H2. The lowest BCUT2D eigenvalue weighted by molar-refractivity contribution is -0.166. The first-order chi connectivity index (χ1) is 8.93. The van der Waals surface area contributed by atoms with E-state index in [4.69, 9.17) is 11.0 Å². The summed E-state index contributed by atoms with van der Waals surface area (Å²) >= 11 is 0. The van der Waals surface area contributed by atoms with Gasteiger partial charge in [-0.05, 0) is 18.1 Å². The number of nitriles is 1. The molecule has 2 rings (SSSR count). The minimum Gasteiger partial charge on any atom is -0.329 e. The molecule has 1 unspecified atom stereocenters. The van der Waals surface area contributed by atoms with Gasteiger partial charge in [-0.2, -0.15) is 5.26 Å². The van der Waals surface area contributed by atoms with Crippen LogP contribution in [0.3, 0.4) is 0 Å². The number of benzene rings is 1. The van der Waals surface area contributed by atoms with Crippen LogP contribution in [0, 0.1) is 11.3 Å². The van der Waals surface area contributed by atoms with Gasteiger partial charge in [0.2, 0.25) is 5.91 Å². The van der Waals surface area contributed by atoms with E-state index in [1.807, 2.05) is 6.07 Å². The molecule has 1 fully saturated rings. The Morgan fingerprint density at radius 1 is 1.47 bits per heavy atom. The van der Waals surface area contributed by atoms with Gasteiger partial charge in [0.1, 0.15) is 0 Å². The Bertz CT molecular complexity index is 531. The molecule has 0 radical (unpaired) electrons. The van der Waals surface area contributed by atoms with Crippen LogP contribution in [0.15, 0.2) is 24.3 Å². The molecule has 2 N–H and O–H groups in total. The van der Waals surface area contributed by atoms with Gasteiger partial charge in [0.05, 0.1) is 30.8 Å². The van der Waals surface area contributed by atoms with E-state index in [2.05, 4.69) is 0 Å². The third-order valence-electron chi connectivity index (χ3n) is 3.05. The summed E-state index contributed by atoms with van der Waals surface area (Å²) in [5.74, 6) is -3.29. The van der Waals surface area contributed by atoms with E-state index in [0.717, 1.165) is 4.90 Å². The van der Waals surface area contributed by atoms with Crippen LogP contribution < -0.4 is 5.73 Å². The monoisotopic (exact) mass is 265 g/mol. The Kier molecular flexibility index (Phi) is 3.49. The molecule has 0 aliphatic carbocycles. The van der Waals surface area contributed by atoms with E-state index in [9.17, 15) is 13.6 Å². The quantitative estimate of drug-likeness (QED) is 0.883. The van der Waals surface area contributed by atoms with E-state index in [1.165, 1.54) is 0 Å². The van der Waals surface area contributed by atoms with Gasteiger partial charge in [-0.3, -0.25) is 4.79 Å². The van der Waals surface area contributed by atoms with Crippen molar-refractivity contribution in [3.8, 4) is 6.07 Å². The largest absolute Gasteiger partial charge is 0.329 e. The summed E-state index contributed by atoms with van der Waals surface area (Å²) in [4.78, 5) is 12.8. The second-order valence-corrected chi connectivity index (χ2v) is 4.63. The van der Waals surface area contributed by atoms with Crippen molar-refractivity contribution in [1.82, 2.24) is 4.90 Å². The molecule has 0 saturated carbocycles. The highest BCUT2D eigenvalue weighted by atomic mass is 19.3. The molecule has 0 bridgehead atoms. The highest BCUT2D eigenvalue weighted by Gasteiger charge is 2.47. The fraction of sp³-hybridized carbons (Fsp3) is 0.385.